The van der Waals surface area contributed by atoms with Crippen LogP contribution in [0.1, 0.15) is 26.3 Å². The molecule has 0 heterocycles. The largest absolute Gasteiger partial charge is 0.430 e. The lowest BCUT2D eigenvalue weighted by Gasteiger charge is -2.20. The maximum Gasteiger partial charge on any atom is 0.305 e. The van der Waals surface area contributed by atoms with Crippen LogP contribution in [0, 0.1) is 0 Å². The number of ether oxygens (including phenoxy) is 1. The van der Waals surface area contributed by atoms with E-state index in [-0.39, 0.29) is 5.91 Å². The zero-order chi connectivity index (χ0) is 15.1. The van der Waals surface area contributed by atoms with Crippen LogP contribution in [0.4, 0.5) is 0 Å². The quantitative estimate of drug-likeness (QED) is 0.609. The summed E-state index contributed by atoms with van der Waals surface area (Å²) in [6, 6.07) is 9.44. The van der Waals surface area contributed by atoms with Crippen LogP contribution < -0.4 is 0 Å². The van der Waals surface area contributed by atoms with E-state index in [1.54, 1.807) is 14.0 Å². The monoisotopic (exact) mass is 276 g/mol. The Morgan fingerprint density at radius 3 is 2.35 bits per heavy atom. The van der Waals surface area contributed by atoms with E-state index in [1.807, 2.05) is 37.3 Å². The average Bonchev–Trinajstić information content (AvgIpc) is 2.45. The van der Waals surface area contributed by atoms with Crippen LogP contribution in [0.5, 0.6) is 0 Å². The summed E-state index contributed by atoms with van der Waals surface area (Å²) >= 11 is 0. The molecule has 0 spiro atoms. The maximum atomic E-state index is 12.1. The minimum atomic E-state index is -1.13. The molecule has 108 valence electrons. The lowest BCUT2D eigenvalue weighted by Crippen LogP contribution is -2.38. The number of rotatable bonds is 5. The third-order valence-corrected chi connectivity index (χ3v) is 2.84. The first-order chi connectivity index (χ1) is 9.45. The summed E-state index contributed by atoms with van der Waals surface area (Å²) in [4.78, 5) is 28.9. The third-order valence-electron chi connectivity index (χ3n) is 2.84. The van der Waals surface area contributed by atoms with E-state index in [2.05, 4.69) is 4.99 Å². The van der Waals surface area contributed by atoms with Crippen molar-refractivity contribution in [2.45, 2.75) is 27.0 Å². The van der Waals surface area contributed by atoms with Gasteiger partial charge >= 0.3 is 5.97 Å². The molecule has 1 aromatic carbocycles. The molecule has 20 heavy (non-hydrogen) atoms. The molecule has 0 aliphatic heterocycles. The van der Waals surface area contributed by atoms with E-state index in [0.29, 0.717) is 12.3 Å². The summed E-state index contributed by atoms with van der Waals surface area (Å²) in [5, 5.41) is 0. The first kappa shape index (κ1) is 15.9. The molecule has 5 nitrogen and oxygen atoms in total. The molecule has 0 aliphatic rings. The minimum Gasteiger partial charge on any atom is -0.430 e. The third kappa shape index (κ3) is 4.50. The van der Waals surface area contributed by atoms with Crippen molar-refractivity contribution < 1.29 is 14.3 Å². The fourth-order valence-electron chi connectivity index (χ4n) is 1.56. The number of hydrogen-bond donors (Lipinski definition) is 0. The standard InChI is InChI=1S/C15H20N2O3/c1-5-17(4)15(19)14(20-12(3)18)16-11(2)13-9-7-6-8-10-13/h6-10,14H,5H2,1-4H3. The predicted octanol–water partition coefficient (Wildman–Crippen LogP) is 1.86. The normalized spacial score (nSPS) is 12.7. The smallest absolute Gasteiger partial charge is 0.305 e. The number of likely N-dealkylation sites (N-methyl/N-ethyl adjacent to an activating group) is 1. The summed E-state index contributed by atoms with van der Waals surface area (Å²) in [5.74, 6) is -0.865. The second-order valence-corrected chi connectivity index (χ2v) is 4.39. The molecule has 0 bridgehead atoms. The van der Waals surface area contributed by atoms with E-state index in [1.165, 1.54) is 11.8 Å². The van der Waals surface area contributed by atoms with Crippen molar-refractivity contribution in [3.8, 4) is 0 Å². The van der Waals surface area contributed by atoms with Crippen molar-refractivity contribution in [3.63, 3.8) is 0 Å². The number of aliphatic imine (C=N–C) groups is 1. The van der Waals surface area contributed by atoms with Gasteiger partial charge in [0.15, 0.2) is 0 Å². The molecule has 1 rings (SSSR count). The lowest BCUT2D eigenvalue weighted by molar-refractivity contribution is -0.157. The molecule has 0 radical (unpaired) electrons. The molecule has 1 aromatic rings. The van der Waals surface area contributed by atoms with Gasteiger partial charge < -0.3 is 9.64 Å². The van der Waals surface area contributed by atoms with Crippen LogP contribution in [0.25, 0.3) is 0 Å². The molecular weight excluding hydrogens is 256 g/mol. The predicted molar refractivity (Wildman–Crippen MR) is 77.5 cm³/mol. The number of esters is 1. The van der Waals surface area contributed by atoms with Gasteiger partial charge in [-0.2, -0.15) is 0 Å². The molecule has 1 atom stereocenters. The van der Waals surface area contributed by atoms with Gasteiger partial charge in [0.25, 0.3) is 12.1 Å². The molecule has 1 unspecified atom stereocenters. The number of amides is 1. The van der Waals surface area contributed by atoms with Gasteiger partial charge in [0.05, 0.1) is 0 Å². The Morgan fingerprint density at radius 2 is 1.85 bits per heavy atom. The summed E-state index contributed by atoms with van der Waals surface area (Å²) < 4.78 is 5.01. The second kappa shape index (κ2) is 7.43. The first-order valence-corrected chi connectivity index (χ1v) is 6.47. The fourth-order valence-corrected chi connectivity index (χ4v) is 1.56. The van der Waals surface area contributed by atoms with Gasteiger partial charge in [-0.3, -0.25) is 9.59 Å². The van der Waals surface area contributed by atoms with Crippen molar-refractivity contribution in [2.75, 3.05) is 13.6 Å². The van der Waals surface area contributed by atoms with Gasteiger partial charge in [-0.05, 0) is 19.4 Å². The van der Waals surface area contributed by atoms with Gasteiger partial charge in [-0.25, -0.2) is 4.99 Å². The van der Waals surface area contributed by atoms with E-state index in [4.69, 9.17) is 4.74 Å². The Kier molecular flexibility index (Phi) is 5.90. The van der Waals surface area contributed by atoms with E-state index in [9.17, 15) is 9.59 Å². The van der Waals surface area contributed by atoms with Crippen LogP contribution in [-0.4, -0.2) is 42.3 Å². The van der Waals surface area contributed by atoms with E-state index in [0.717, 1.165) is 5.56 Å². The van der Waals surface area contributed by atoms with Crippen molar-refractivity contribution in [1.82, 2.24) is 4.90 Å². The molecule has 0 N–H and O–H groups in total. The molecule has 0 aromatic heterocycles. The Balaban J connectivity index is 3.00. The second-order valence-electron chi connectivity index (χ2n) is 4.39. The topological polar surface area (TPSA) is 59.0 Å². The van der Waals surface area contributed by atoms with Crippen molar-refractivity contribution >= 4 is 17.6 Å². The van der Waals surface area contributed by atoms with Gasteiger partial charge in [-0.1, -0.05) is 30.3 Å². The highest BCUT2D eigenvalue weighted by Gasteiger charge is 2.23. The van der Waals surface area contributed by atoms with Gasteiger partial charge in [0.2, 0.25) is 0 Å². The Morgan fingerprint density at radius 1 is 1.25 bits per heavy atom. The molecule has 5 heteroatoms. The van der Waals surface area contributed by atoms with Gasteiger partial charge in [0.1, 0.15) is 0 Å². The molecule has 0 saturated heterocycles. The molecule has 0 fully saturated rings. The highest BCUT2D eigenvalue weighted by atomic mass is 16.6. The Bertz CT molecular complexity index is 497. The van der Waals surface area contributed by atoms with Crippen molar-refractivity contribution in [3.05, 3.63) is 35.9 Å². The van der Waals surface area contributed by atoms with Crippen molar-refractivity contribution in [1.29, 1.82) is 0 Å². The van der Waals surface area contributed by atoms with Crippen LogP contribution >= 0.6 is 0 Å². The van der Waals surface area contributed by atoms with Crippen LogP contribution in [0.2, 0.25) is 0 Å². The average molecular weight is 276 g/mol. The highest BCUT2D eigenvalue weighted by Crippen LogP contribution is 2.07. The summed E-state index contributed by atoms with van der Waals surface area (Å²) in [6.07, 6.45) is -1.13. The zero-order valence-corrected chi connectivity index (χ0v) is 12.3. The number of carbonyl (C=O) groups excluding carboxylic acids is 2. The highest BCUT2D eigenvalue weighted by molar-refractivity contribution is 6.00. The molecular formula is C15H20N2O3. The molecule has 0 saturated carbocycles. The number of carbonyl (C=O) groups is 2. The summed E-state index contributed by atoms with van der Waals surface area (Å²) in [5.41, 5.74) is 1.53. The maximum absolute atomic E-state index is 12.1. The Hall–Kier alpha value is -2.17. The summed E-state index contributed by atoms with van der Waals surface area (Å²) in [7, 11) is 1.65. The van der Waals surface area contributed by atoms with E-state index >= 15 is 0 Å². The van der Waals surface area contributed by atoms with E-state index < -0.39 is 12.2 Å². The number of nitrogens with zero attached hydrogens (tertiary/aromatic N) is 2. The number of hydrogen-bond acceptors (Lipinski definition) is 4. The van der Waals surface area contributed by atoms with Crippen molar-refractivity contribution in [2.24, 2.45) is 4.99 Å². The van der Waals surface area contributed by atoms with Gasteiger partial charge in [0, 0.05) is 26.2 Å². The van der Waals surface area contributed by atoms with Crippen LogP contribution in [-0.2, 0) is 14.3 Å². The number of benzene rings is 1. The first-order valence-electron chi connectivity index (χ1n) is 6.47. The SMILES string of the molecule is CCN(C)C(=O)C(N=C(C)c1ccccc1)OC(C)=O. The molecule has 1 amide bonds. The van der Waals surface area contributed by atoms with Crippen LogP contribution in [0.3, 0.4) is 0 Å². The summed E-state index contributed by atoms with van der Waals surface area (Å²) in [6.45, 7) is 5.41. The minimum absolute atomic E-state index is 0.335. The Labute approximate surface area is 119 Å². The van der Waals surface area contributed by atoms with Gasteiger partial charge in [-0.15, -0.1) is 0 Å². The zero-order valence-electron chi connectivity index (χ0n) is 12.3. The fraction of sp³-hybridized carbons (Fsp3) is 0.400. The molecule has 0 aliphatic carbocycles. The van der Waals surface area contributed by atoms with Crippen LogP contribution in [0.15, 0.2) is 35.3 Å². The lowest BCUT2D eigenvalue weighted by atomic mass is 10.1.